The number of aryl methyl sites for hydroxylation is 1. The van der Waals surface area contributed by atoms with Crippen LogP contribution in [0, 0.1) is 6.92 Å². The summed E-state index contributed by atoms with van der Waals surface area (Å²) in [6.07, 6.45) is 2.99. The predicted octanol–water partition coefficient (Wildman–Crippen LogP) is 3.59. The highest BCUT2D eigenvalue weighted by Gasteiger charge is 2.19. The molecule has 0 saturated carbocycles. The van der Waals surface area contributed by atoms with Crippen LogP contribution in [0.5, 0.6) is 0 Å². The van der Waals surface area contributed by atoms with E-state index in [1.54, 1.807) is 0 Å². The van der Waals surface area contributed by atoms with E-state index in [4.69, 9.17) is 10.7 Å². The monoisotopic (exact) mass is 330 g/mol. The van der Waals surface area contributed by atoms with Crippen molar-refractivity contribution >= 4 is 5.69 Å². The minimum Gasteiger partial charge on any atom is -0.399 e. The van der Waals surface area contributed by atoms with Gasteiger partial charge in [-0.15, -0.1) is 0 Å². The molecule has 0 spiro atoms. The zero-order valence-corrected chi connectivity index (χ0v) is 14.4. The highest BCUT2D eigenvalue weighted by Crippen LogP contribution is 2.22. The number of hydrogen-bond donors (Lipinski definition) is 1. The van der Waals surface area contributed by atoms with Gasteiger partial charge >= 0.3 is 0 Å². The standard InChI is InChI=1S/C21H22N4/c1-15-2-4-16(5-3-15)13-25-11-10-18-12-23-21(24-20(18)14-25)17-6-8-19(22)9-7-17/h2-9,12H,10-11,13-14,22H2,1H3. The summed E-state index contributed by atoms with van der Waals surface area (Å²) in [5.41, 5.74) is 12.6. The lowest BCUT2D eigenvalue weighted by molar-refractivity contribution is 0.241. The summed E-state index contributed by atoms with van der Waals surface area (Å²) >= 11 is 0. The minimum atomic E-state index is 0.756. The Labute approximate surface area is 148 Å². The van der Waals surface area contributed by atoms with Crippen LogP contribution in [-0.2, 0) is 19.5 Å². The van der Waals surface area contributed by atoms with Crippen LogP contribution in [0.25, 0.3) is 11.4 Å². The zero-order chi connectivity index (χ0) is 17.2. The molecule has 0 amide bonds. The average molecular weight is 330 g/mol. The molecule has 2 aromatic carbocycles. The molecule has 3 aromatic rings. The summed E-state index contributed by atoms with van der Waals surface area (Å²) in [5, 5.41) is 0. The van der Waals surface area contributed by atoms with Crippen molar-refractivity contribution in [2.75, 3.05) is 12.3 Å². The molecule has 2 N–H and O–H groups in total. The SMILES string of the molecule is Cc1ccc(CN2CCc3cnc(-c4ccc(N)cc4)nc3C2)cc1. The molecule has 25 heavy (non-hydrogen) atoms. The smallest absolute Gasteiger partial charge is 0.159 e. The van der Waals surface area contributed by atoms with E-state index >= 15 is 0 Å². The molecule has 0 unspecified atom stereocenters. The molecular formula is C21H22N4. The molecule has 4 heteroatoms. The third-order valence-electron chi connectivity index (χ3n) is 4.72. The number of aromatic nitrogens is 2. The molecule has 0 atom stereocenters. The van der Waals surface area contributed by atoms with E-state index in [1.165, 1.54) is 16.7 Å². The maximum atomic E-state index is 5.77. The first-order chi connectivity index (χ1) is 12.2. The van der Waals surface area contributed by atoms with E-state index in [9.17, 15) is 0 Å². The summed E-state index contributed by atoms with van der Waals surface area (Å²) in [6.45, 7) is 5.00. The van der Waals surface area contributed by atoms with E-state index in [0.29, 0.717) is 0 Å². The van der Waals surface area contributed by atoms with Gasteiger partial charge in [-0.3, -0.25) is 4.90 Å². The Morgan fingerprint density at radius 3 is 2.56 bits per heavy atom. The number of hydrogen-bond acceptors (Lipinski definition) is 4. The lowest BCUT2D eigenvalue weighted by Gasteiger charge is -2.28. The van der Waals surface area contributed by atoms with Gasteiger partial charge in [0.05, 0.1) is 5.69 Å². The molecule has 0 radical (unpaired) electrons. The average Bonchev–Trinajstić information content (AvgIpc) is 2.64. The number of nitrogen functional groups attached to an aromatic ring is 1. The maximum absolute atomic E-state index is 5.77. The highest BCUT2D eigenvalue weighted by molar-refractivity contribution is 5.58. The van der Waals surface area contributed by atoms with E-state index in [1.807, 2.05) is 30.5 Å². The van der Waals surface area contributed by atoms with Crippen LogP contribution >= 0.6 is 0 Å². The van der Waals surface area contributed by atoms with Crippen molar-refractivity contribution < 1.29 is 0 Å². The third-order valence-corrected chi connectivity index (χ3v) is 4.72. The molecule has 0 saturated heterocycles. The molecule has 0 aliphatic carbocycles. The van der Waals surface area contributed by atoms with Gasteiger partial charge in [0, 0.05) is 37.1 Å². The molecular weight excluding hydrogens is 308 g/mol. The molecule has 4 nitrogen and oxygen atoms in total. The normalized spacial score (nSPS) is 14.3. The van der Waals surface area contributed by atoms with E-state index < -0.39 is 0 Å². The molecule has 1 aliphatic heterocycles. The number of nitrogens with two attached hydrogens (primary N) is 1. The summed E-state index contributed by atoms with van der Waals surface area (Å²) in [4.78, 5) is 11.8. The quantitative estimate of drug-likeness (QED) is 0.746. The van der Waals surface area contributed by atoms with Crippen LogP contribution in [0.1, 0.15) is 22.4 Å². The highest BCUT2D eigenvalue weighted by atomic mass is 15.1. The van der Waals surface area contributed by atoms with Crippen molar-refractivity contribution in [1.82, 2.24) is 14.9 Å². The van der Waals surface area contributed by atoms with Crippen LogP contribution in [0.4, 0.5) is 5.69 Å². The molecule has 1 aromatic heterocycles. The number of fused-ring (bicyclic) bond motifs is 1. The van der Waals surface area contributed by atoms with Gasteiger partial charge in [0.15, 0.2) is 5.82 Å². The molecule has 0 fully saturated rings. The van der Waals surface area contributed by atoms with Crippen LogP contribution < -0.4 is 5.73 Å². The van der Waals surface area contributed by atoms with Crippen LogP contribution in [0.3, 0.4) is 0 Å². The van der Waals surface area contributed by atoms with Gasteiger partial charge < -0.3 is 5.73 Å². The maximum Gasteiger partial charge on any atom is 0.159 e. The largest absolute Gasteiger partial charge is 0.399 e. The molecule has 126 valence electrons. The van der Waals surface area contributed by atoms with Gasteiger partial charge in [-0.1, -0.05) is 29.8 Å². The predicted molar refractivity (Wildman–Crippen MR) is 101 cm³/mol. The number of rotatable bonds is 3. The Hall–Kier alpha value is -2.72. The molecule has 4 rings (SSSR count). The Morgan fingerprint density at radius 1 is 1.04 bits per heavy atom. The van der Waals surface area contributed by atoms with Crippen LogP contribution in [0.2, 0.25) is 0 Å². The zero-order valence-electron chi connectivity index (χ0n) is 14.4. The topological polar surface area (TPSA) is 55.0 Å². The Kier molecular flexibility index (Phi) is 4.20. The van der Waals surface area contributed by atoms with Crippen molar-refractivity contribution in [2.45, 2.75) is 26.4 Å². The molecule has 2 heterocycles. The van der Waals surface area contributed by atoms with Crippen molar-refractivity contribution in [3.63, 3.8) is 0 Å². The van der Waals surface area contributed by atoms with Crippen molar-refractivity contribution in [3.05, 3.63) is 77.1 Å². The number of anilines is 1. The van der Waals surface area contributed by atoms with Gasteiger partial charge in [-0.25, -0.2) is 9.97 Å². The van der Waals surface area contributed by atoms with Crippen molar-refractivity contribution in [2.24, 2.45) is 0 Å². The van der Waals surface area contributed by atoms with Crippen LogP contribution in [-0.4, -0.2) is 21.4 Å². The fraction of sp³-hybridized carbons (Fsp3) is 0.238. The van der Waals surface area contributed by atoms with Crippen LogP contribution in [0.15, 0.2) is 54.7 Å². The summed E-state index contributed by atoms with van der Waals surface area (Å²) in [5.74, 6) is 0.774. The summed E-state index contributed by atoms with van der Waals surface area (Å²) < 4.78 is 0. The molecule has 0 bridgehead atoms. The third kappa shape index (κ3) is 3.54. The first-order valence-electron chi connectivity index (χ1n) is 8.66. The second-order valence-electron chi connectivity index (χ2n) is 6.73. The van der Waals surface area contributed by atoms with Gasteiger partial charge in [0.25, 0.3) is 0 Å². The summed E-state index contributed by atoms with van der Waals surface area (Å²) in [6, 6.07) is 16.5. The number of benzene rings is 2. The van der Waals surface area contributed by atoms with Crippen molar-refractivity contribution in [1.29, 1.82) is 0 Å². The molecule has 1 aliphatic rings. The second-order valence-corrected chi connectivity index (χ2v) is 6.73. The number of nitrogens with zero attached hydrogens (tertiary/aromatic N) is 3. The summed E-state index contributed by atoms with van der Waals surface area (Å²) in [7, 11) is 0. The lowest BCUT2D eigenvalue weighted by atomic mass is 10.0. The van der Waals surface area contributed by atoms with E-state index in [-0.39, 0.29) is 0 Å². The Bertz CT molecular complexity index is 869. The Balaban J connectivity index is 1.54. The van der Waals surface area contributed by atoms with Gasteiger partial charge in [-0.05, 0) is 48.7 Å². The van der Waals surface area contributed by atoms with Gasteiger partial charge in [0.2, 0.25) is 0 Å². The second kappa shape index (κ2) is 6.65. The minimum absolute atomic E-state index is 0.756. The fourth-order valence-electron chi connectivity index (χ4n) is 3.22. The van der Waals surface area contributed by atoms with E-state index in [0.717, 1.165) is 48.8 Å². The van der Waals surface area contributed by atoms with E-state index in [2.05, 4.69) is 41.1 Å². The first-order valence-corrected chi connectivity index (χ1v) is 8.66. The Morgan fingerprint density at radius 2 is 1.80 bits per heavy atom. The lowest BCUT2D eigenvalue weighted by Crippen LogP contribution is -2.31. The fourth-order valence-corrected chi connectivity index (χ4v) is 3.22. The van der Waals surface area contributed by atoms with Crippen molar-refractivity contribution in [3.8, 4) is 11.4 Å². The first kappa shape index (κ1) is 15.8. The van der Waals surface area contributed by atoms with Gasteiger partial charge in [-0.2, -0.15) is 0 Å². The van der Waals surface area contributed by atoms with Gasteiger partial charge in [0.1, 0.15) is 0 Å².